The number of benzene rings is 1. The molecule has 0 aliphatic heterocycles. The third kappa shape index (κ3) is 6.05. The van der Waals surface area contributed by atoms with Gasteiger partial charge in [-0.25, -0.2) is 4.79 Å². The molecule has 3 nitrogen and oxygen atoms in total. The molecule has 4 heteroatoms. The molecule has 0 fully saturated rings. The van der Waals surface area contributed by atoms with Crippen LogP contribution in [-0.4, -0.2) is 18.2 Å². The van der Waals surface area contributed by atoms with Gasteiger partial charge < -0.3 is 9.84 Å². The van der Waals surface area contributed by atoms with Crippen LogP contribution in [0.2, 0.25) is 0 Å². The number of ether oxygens (including phenoxy) is 1. The van der Waals surface area contributed by atoms with Gasteiger partial charge in [0.1, 0.15) is 4.88 Å². The van der Waals surface area contributed by atoms with Crippen molar-refractivity contribution in [2.24, 2.45) is 5.92 Å². The van der Waals surface area contributed by atoms with Crippen molar-refractivity contribution in [2.75, 3.05) is 7.11 Å². The number of methoxy groups -OCH3 is 1. The van der Waals surface area contributed by atoms with Gasteiger partial charge in [-0.15, -0.1) is 11.3 Å². The van der Waals surface area contributed by atoms with Gasteiger partial charge in [0.05, 0.1) is 13.2 Å². The molecular weight excluding hydrogens is 392 g/mol. The molecule has 0 bridgehead atoms. The molecule has 162 valence electrons. The zero-order valence-corrected chi connectivity index (χ0v) is 19.0. The number of esters is 1. The Balaban J connectivity index is 1.51. The van der Waals surface area contributed by atoms with Crippen molar-refractivity contribution in [3.63, 3.8) is 0 Å². The lowest BCUT2D eigenvalue weighted by Crippen LogP contribution is -2.01. The van der Waals surface area contributed by atoms with E-state index in [0.29, 0.717) is 10.8 Å². The van der Waals surface area contributed by atoms with Crippen molar-refractivity contribution in [3.8, 4) is 0 Å². The number of hydrogen-bond donors (Lipinski definition) is 1. The summed E-state index contributed by atoms with van der Waals surface area (Å²) in [6.07, 6.45) is 12.0. The van der Waals surface area contributed by atoms with Crippen LogP contribution < -0.4 is 0 Å². The highest BCUT2D eigenvalue weighted by Crippen LogP contribution is 2.37. The summed E-state index contributed by atoms with van der Waals surface area (Å²) in [7, 11) is 1.43. The minimum atomic E-state index is -0.348. The fourth-order valence-electron chi connectivity index (χ4n) is 4.31. The fourth-order valence-corrected chi connectivity index (χ4v) is 5.28. The van der Waals surface area contributed by atoms with Crippen LogP contribution in [0.1, 0.15) is 90.1 Å². The first kappa shape index (κ1) is 22.8. The summed E-state index contributed by atoms with van der Waals surface area (Å²) in [4.78, 5) is 13.5. The molecule has 1 unspecified atom stereocenters. The second-order valence-corrected chi connectivity index (χ2v) is 9.39. The monoisotopic (exact) mass is 426 g/mol. The van der Waals surface area contributed by atoms with E-state index < -0.39 is 0 Å². The normalized spacial score (nSPS) is 17.0. The number of rotatable bonds is 11. The van der Waals surface area contributed by atoms with Crippen molar-refractivity contribution in [1.82, 2.24) is 0 Å². The van der Waals surface area contributed by atoms with E-state index in [1.807, 2.05) is 12.1 Å². The van der Waals surface area contributed by atoms with E-state index in [-0.39, 0.29) is 12.1 Å². The molecule has 3 rings (SSSR count). The van der Waals surface area contributed by atoms with Crippen LogP contribution in [0.15, 0.2) is 42.5 Å². The van der Waals surface area contributed by atoms with Crippen LogP contribution in [0.5, 0.6) is 0 Å². The van der Waals surface area contributed by atoms with E-state index in [4.69, 9.17) is 4.74 Å². The molecule has 1 N–H and O–H groups in total. The molecule has 2 atom stereocenters. The van der Waals surface area contributed by atoms with Crippen molar-refractivity contribution < 1.29 is 14.6 Å². The highest BCUT2D eigenvalue weighted by Gasteiger charge is 2.21. The molecule has 1 aromatic heterocycles. The Morgan fingerprint density at radius 1 is 1.17 bits per heavy atom. The second-order valence-electron chi connectivity index (χ2n) is 8.22. The molecule has 1 aliphatic carbocycles. The van der Waals surface area contributed by atoms with Crippen LogP contribution in [0.4, 0.5) is 0 Å². The molecule has 1 heterocycles. The number of aliphatic hydroxyl groups excluding tert-OH is 1. The van der Waals surface area contributed by atoms with Crippen molar-refractivity contribution in [2.45, 2.75) is 70.8 Å². The zero-order valence-electron chi connectivity index (χ0n) is 18.2. The molecule has 0 radical (unpaired) electrons. The highest BCUT2D eigenvalue weighted by atomic mass is 32.1. The standard InChI is InChI=1S/C26H34O3S/c1-3-4-5-12-24(27)21-15-13-20(14-16-21)23-11-7-9-19(23)8-6-10-22-17-18-25(30-22)26(28)29-2/h11,13-19,24,27H,3-10,12H2,1-2H3/t19?,24-/m1/s1. The molecule has 0 saturated heterocycles. The number of aliphatic hydroxyl groups is 1. The quantitative estimate of drug-likeness (QED) is 0.312. The first-order chi connectivity index (χ1) is 14.6. The smallest absolute Gasteiger partial charge is 0.348 e. The second kappa shape index (κ2) is 11.5. The summed E-state index contributed by atoms with van der Waals surface area (Å²) in [5, 5.41) is 10.4. The van der Waals surface area contributed by atoms with Crippen molar-refractivity contribution in [1.29, 1.82) is 0 Å². The number of unbranched alkanes of at least 4 members (excludes halogenated alkanes) is 2. The minimum absolute atomic E-state index is 0.244. The third-order valence-electron chi connectivity index (χ3n) is 6.05. The van der Waals surface area contributed by atoms with Crippen molar-refractivity contribution >= 4 is 22.9 Å². The summed E-state index contributed by atoms with van der Waals surface area (Å²) in [5.74, 6) is 0.358. The maximum atomic E-state index is 11.6. The van der Waals surface area contributed by atoms with E-state index in [1.54, 1.807) is 11.3 Å². The number of aryl methyl sites for hydroxylation is 1. The van der Waals surface area contributed by atoms with Gasteiger partial charge in [0.25, 0.3) is 0 Å². The fraction of sp³-hybridized carbons (Fsp3) is 0.500. The average molecular weight is 427 g/mol. The van der Waals surface area contributed by atoms with Gasteiger partial charge in [-0.05, 0) is 73.3 Å². The summed E-state index contributed by atoms with van der Waals surface area (Å²) < 4.78 is 4.79. The number of carbonyl (C=O) groups excluding carboxylic acids is 1. The Bertz CT molecular complexity index is 834. The molecule has 1 aliphatic rings. The Morgan fingerprint density at radius 2 is 1.97 bits per heavy atom. The summed E-state index contributed by atoms with van der Waals surface area (Å²) in [5.41, 5.74) is 3.79. The topological polar surface area (TPSA) is 46.5 Å². The third-order valence-corrected chi connectivity index (χ3v) is 7.18. The minimum Gasteiger partial charge on any atom is -0.465 e. The predicted octanol–water partition coefficient (Wildman–Crippen LogP) is 6.96. The molecule has 0 spiro atoms. The molecule has 30 heavy (non-hydrogen) atoms. The van der Waals surface area contributed by atoms with Crippen molar-refractivity contribution in [3.05, 3.63) is 63.4 Å². The highest BCUT2D eigenvalue weighted by molar-refractivity contribution is 7.13. The number of thiophene rings is 1. The first-order valence-corrected chi connectivity index (χ1v) is 12.1. The molecule has 0 amide bonds. The van der Waals surface area contributed by atoms with Gasteiger partial charge in [0.15, 0.2) is 0 Å². The van der Waals surface area contributed by atoms with Crippen LogP contribution in [0.3, 0.4) is 0 Å². The maximum absolute atomic E-state index is 11.6. The maximum Gasteiger partial charge on any atom is 0.348 e. The Labute approximate surface area is 184 Å². The van der Waals surface area contributed by atoms with Gasteiger partial charge in [0.2, 0.25) is 0 Å². The Kier molecular flexibility index (Phi) is 8.71. The Hall–Kier alpha value is -1.91. The average Bonchev–Trinajstić information content (AvgIpc) is 3.43. The van der Waals surface area contributed by atoms with E-state index in [9.17, 15) is 9.90 Å². The van der Waals surface area contributed by atoms with Gasteiger partial charge in [-0.3, -0.25) is 0 Å². The van der Waals surface area contributed by atoms with E-state index >= 15 is 0 Å². The first-order valence-electron chi connectivity index (χ1n) is 11.3. The zero-order chi connectivity index (χ0) is 21.3. The largest absolute Gasteiger partial charge is 0.465 e. The molecule has 2 aromatic rings. The van der Waals surface area contributed by atoms with Gasteiger partial charge >= 0.3 is 5.97 Å². The summed E-state index contributed by atoms with van der Waals surface area (Å²) in [6.45, 7) is 2.19. The van der Waals surface area contributed by atoms with Gasteiger partial charge in [-0.2, -0.15) is 0 Å². The van der Waals surface area contributed by atoms with Crippen LogP contribution >= 0.6 is 11.3 Å². The van der Waals surface area contributed by atoms with Gasteiger partial charge in [0, 0.05) is 4.88 Å². The lowest BCUT2D eigenvalue weighted by molar-refractivity contribution is 0.0606. The van der Waals surface area contributed by atoms with Crippen LogP contribution in [0, 0.1) is 5.92 Å². The molecule has 0 saturated carbocycles. The lowest BCUT2D eigenvalue weighted by atomic mass is 9.89. The lowest BCUT2D eigenvalue weighted by Gasteiger charge is -2.16. The number of allylic oxidation sites excluding steroid dienone is 2. The molecular formula is C26H34O3S. The molecule has 1 aromatic carbocycles. The summed E-state index contributed by atoms with van der Waals surface area (Å²) >= 11 is 1.54. The van der Waals surface area contributed by atoms with E-state index in [1.165, 1.54) is 48.8 Å². The van der Waals surface area contributed by atoms with Crippen LogP contribution in [0.25, 0.3) is 5.57 Å². The Morgan fingerprint density at radius 3 is 2.70 bits per heavy atom. The number of carbonyl (C=O) groups is 1. The SMILES string of the molecule is CCCCC[C@@H](O)c1ccc(C2=CCCC2CCCc2ccc(C(=O)OC)s2)cc1. The number of hydrogen-bond acceptors (Lipinski definition) is 4. The van der Waals surface area contributed by atoms with Crippen LogP contribution in [-0.2, 0) is 11.2 Å². The summed E-state index contributed by atoms with van der Waals surface area (Å²) in [6, 6.07) is 12.5. The predicted molar refractivity (Wildman–Crippen MR) is 125 cm³/mol. The van der Waals surface area contributed by atoms with E-state index in [0.717, 1.165) is 37.7 Å². The van der Waals surface area contributed by atoms with Gasteiger partial charge in [-0.1, -0.05) is 56.5 Å². The van der Waals surface area contributed by atoms with E-state index in [2.05, 4.69) is 37.3 Å².